The maximum absolute atomic E-state index is 13.5. The molecule has 5 atom stereocenters. The third-order valence-electron chi connectivity index (χ3n) is 6.10. The van der Waals surface area contributed by atoms with Crippen LogP contribution in [0.25, 0.3) is 0 Å². The topological polar surface area (TPSA) is 254 Å². The minimum absolute atomic E-state index is 0.0241. The molecule has 0 fully saturated rings. The zero-order valence-electron chi connectivity index (χ0n) is 22.3. The first-order valence-corrected chi connectivity index (χ1v) is 12.7. The van der Waals surface area contributed by atoms with Crippen molar-refractivity contribution in [1.82, 2.24) is 16.0 Å². The highest BCUT2D eigenvalue weighted by Crippen LogP contribution is 2.14. The van der Waals surface area contributed by atoms with E-state index in [0.717, 1.165) is 0 Å². The third-order valence-corrected chi connectivity index (χ3v) is 6.10. The van der Waals surface area contributed by atoms with Gasteiger partial charge in [-0.25, -0.2) is 4.79 Å². The number of phenolic OH excluding ortho intramolecular Hbond substituents is 2. The number of carboxylic acid groups (broad SMARTS) is 1. The molecule has 2 rings (SSSR count). The second kappa shape index (κ2) is 15.2. The predicted molar refractivity (Wildman–Crippen MR) is 145 cm³/mol. The zero-order chi connectivity index (χ0) is 30.7. The van der Waals surface area contributed by atoms with Crippen LogP contribution >= 0.6 is 0 Å². The second-order valence-electron chi connectivity index (χ2n) is 9.54. The fourth-order valence-corrected chi connectivity index (χ4v) is 3.78. The summed E-state index contributed by atoms with van der Waals surface area (Å²) in [7, 11) is 0. The summed E-state index contributed by atoms with van der Waals surface area (Å²) in [6.07, 6.45) is -1.91. The van der Waals surface area contributed by atoms with Gasteiger partial charge in [-0.2, -0.15) is 0 Å². The smallest absolute Gasteiger partial charge is 0.328 e. The van der Waals surface area contributed by atoms with Crippen LogP contribution in [-0.4, -0.2) is 80.3 Å². The molecule has 0 aromatic heterocycles. The molecule has 41 heavy (non-hydrogen) atoms. The van der Waals surface area contributed by atoms with Crippen LogP contribution in [0.15, 0.2) is 48.5 Å². The minimum Gasteiger partial charge on any atom is -0.508 e. The standard InChI is InChI=1S/C27H35N5O9/c1-14(33)23(27(40)41)32-26(39)21(13-16-4-8-18(35)9-5-16)31-25(38)20(12-15-2-6-17(34)7-3-15)30-24(37)19(28)10-11-22(29)36/h2-9,14,19-21,23,33-35H,10-13,28H2,1H3,(H2,29,36)(H,30,37)(H,31,38)(H,32,39)(H,40,41). The van der Waals surface area contributed by atoms with E-state index in [9.17, 15) is 44.4 Å². The molecule has 0 heterocycles. The summed E-state index contributed by atoms with van der Waals surface area (Å²) in [6.45, 7) is 1.18. The van der Waals surface area contributed by atoms with Gasteiger partial charge in [0.25, 0.3) is 0 Å². The molecule has 0 saturated heterocycles. The van der Waals surface area contributed by atoms with E-state index in [0.29, 0.717) is 11.1 Å². The largest absolute Gasteiger partial charge is 0.508 e. The van der Waals surface area contributed by atoms with Gasteiger partial charge in [-0.05, 0) is 48.7 Å². The van der Waals surface area contributed by atoms with Crippen molar-refractivity contribution >= 4 is 29.6 Å². The van der Waals surface area contributed by atoms with Crippen LogP contribution in [-0.2, 0) is 36.8 Å². The average Bonchev–Trinajstić information content (AvgIpc) is 2.91. The number of amides is 4. The summed E-state index contributed by atoms with van der Waals surface area (Å²) >= 11 is 0. The van der Waals surface area contributed by atoms with Crippen molar-refractivity contribution in [2.45, 2.75) is 62.9 Å². The Labute approximate surface area is 235 Å². The van der Waals surface area contributed by atoms with E-state index in [2.05, 4.69) is 16.0 Å². The molecule has 2 aromatic carbocycles. The van der Waals surface area contributed by atoms with Gasteiger partial charge in [0.05, 0.1) is 12.1 Å². The Kier molecular flexibility index (Phi) is 12.0. The van der Waals surface area contributed by atoms with Crippen molar-refractivity contribution in [3.63, 3.8) is 0 Å². The van der Waals surface area contributed by atoms with Crippen molar-refractivity contribution in [3.05, 3.63) is 59.7 Å². The van der Waals surface area contributed by atoms with E-state index in [-0.39, 0.29) is 37.2 Å². The Morgan fingerprint density at radius 2 is 1.17 bits per heavy atom. The quantitative estimate of drug-likeness (QED) is 0.118. The van der Waals surface area contributed by atoms with Crippen molar-refractivity contribution in [2.24, 2.45) is 11.5 Å². The van der Waals surface area contributed by atoms with Crippen LogP contribution in [0.1, 0.15) is 30.9 Å². The molecule has 0 aliphatic carbocycles. The second-order valence-corrected chi connectivity index (χ2v) is 9.54. The van der Waals surface area contributed by atoms with Crippen LogP contribution in [0.2, 0.25) is 0 Å². The lowest BCUT2D eigenvalue weighted by Gasteiger charge is -2.26. The summed E-state index contributed by atoms with van der Waals surface area (Å²) in [5, 5.41) is 45.6. The van der Waals surface area contributed by atoms with Crippen LogP contribution in [0, 0.1) is 0 Å². The molecule has 14 heteroatoms. The first kappa shape index (κ1) is 32.5. The molecular weight excluding hydrogens is 538 g/mol. The van der Waals surface area contributed by atoms with Gasteiger partial charge < -0.3 is 47.8 Å². The SMILES string of the molecule is CC(O)C(NC(=O)C(Cc1ccc(O)cc1)NC(=O)C(Cc1ccc(O)cc1)NC(=O)C(N)CCC(N)=O)C(=O)O. The summed E-state index contributed by atoms with van der Waals surface area (Å²) in [5.41, 5.74) is 12.0. The lowest BCUT2D eigenvalue weighted by Crippen LogP contribution is -2.59. The first-order valence-electron chi connectivity index (χ1n) is 12.7. The fourth-order valence-electron chi connectivity index (χ4n) is 3.78. The van der Waals surface area contributed by atoms with Gasteiger partial charge >= 0.3 is 5.97 Å². The van der Waals surface area contributed by atoms with E-state index in [1.165, 1.54) is 55.5 Å². The molecule has 0 spiro atoms. The van der Waals surface area contributed by atoms with Gasteiger partial charge in [-0.15, -0.1) is 0 Å². The molecule has 0 aliphatic rings. The average molecular weight is 574 g/mol. The summed E-state index contributed by atoms with van der Waals surface area (Å²) < 4.78 is 0. The Morgan fingerprint density at radius 3 is 1.56 bits per heavy atom. The van der Waals surface area contributed by atoms with Crippen LogP contribution in [0.3, 0.4) is 0 Å². The molecule has 0 radical (unpaired) electrons. The number of primary amides is 1. The Hall–Kier alpha value is -4.69. The molecule has 2 aromatic rings. The minimum atomic E-state index is -1.67. The van der Waals surface area contributed by atoms with Crippen molar-refractivity contribution in [3.8, 4) is 11.5 Å². The van der Waals surface area contributed by atoms with E-state index in [1.54, 1.807) is 0 Å². The van der Waals surface area contributed by atoms with Gasteiger partial charge in [0.1, 0.15) is 23.6 Å². The molecule has 0 bridgehead atoms. The number of hydrogen-bond acceptors (Lipinski definition) is 9. The number of rotatable bonds is 15. The van der Waals surface area contributed by atoms with Crippen LogP contribution in [0.4, 0.5) is 0 Å². The molecule has 11 N–H and O–H groups in total. The fraction of sp³-hybridized carbons (Fsp3) is 0.370. The Balaban J connectivity index is 2.33. The number of hydrogen-bond donors (Lipinski definition) is 9. The number of carbonyl (C=O) groups excluding carboxylic acids is 4. The Bertz CT molecular complexity index is 1220. The predicted octanol–water partition coefficient (Wildman–Crippen LogP) is -1.60. The summed E-state index contributed by atoms with van der Waals surface area (Å²) in [4.78, 5) is 62.0. The number of carboxylic acids is 1. The molecule has 0 saturated carbocycles. The van der Waals surface area contributed by atoms with E-state index >= 15 is 0 Å². The number of aliphatic carboxylic acids is 1. The van der Waals surface area contributed by atoms with Gasteiger partial charge in [0.15, 0.2) is 6.04 Å². The number of aliphatic hydroxyl groups excluding tert-OH is 1. The van der Waals surface area contributed by atoms with Crippen LogP contribution in [0.5, 0.6) is 11.5 Å². The number of benzene rings is 2. The van der Waals surface area contributed by atoms with Crippen molar-refractivity contribution in [2.75, 3.05) is 0 Å². The lowest BCUT2D eigenvalue weighted by atomic mass is 10.0. The first-order chi connectivity index (χ1) is 19.3. The number of aliphatic hydroxyl groups is 1. The molecule has 4 amide bonds. The molecule has 14 nitrogen and oxygen atoms in total. The van der Waals surface area contributed by atoms with Crippen LogP contribution < -0.4 is 27.4 Å². The van der Waals surface area contributed by atoms with Gasteiger partial charge in [0, 0.05) is 19.3 Å². The molecule has 222 valence electrons. The Morgan fingerprint density at radius 1 is 0.756 bits per heavy atom. The molecular formula is C27H35N5O9. The van der Waals surface area contributed by atoms with E-state index in [1.807, 2.05) is 0 Å². The number of nitrogens with one attached hydrogen (secondary N) is 3. The maximum atomic E-state index is 13.5. The highest BCUT2D eigenvalue weighted by molar-refractivity contribution is 5.94. The number of aromatic hydroxyl groups is 2. The third kappa shape index (κ3) is 10.8. The number of phenols is 2. The summed E-state index contributed by atoms with van der Waals surface area (Å²) in [6, 6.07) is 6.05. The highest BCUT2D eigenvalue weighted by Gasteiger charge is 2.32. The van der Waals surface area contributed by atoms with Gasteiger partial charge in [-0.1, -0.05) is 24.3 Å². The number of carbonyl (C=O) groups is 5. The monoisotopic (exact) mass is 573 g/mol. The lowest BCUT2D eigenvalue weighted by molar-refractivity contribution is -0.145. The molecule has 0 aliphatic heterocycles. The summed E-state index contributed by atoms with van der Waals surface area (Å²) in [5.74, 6) is -4.72. The number of nitrogens with two attached hydrogens (primary N) is 2. The van der Waals surface area contributed by atoms with Crippen molar-refractivity contribution < 1.29 is 44.4 Å². The zero-order valence-corrected chi connectivity index (χ0v) is 22.3. The normalized spacial score (nSPS) is 14.5. The van der Waals surface area contributed by atoms with E-state index < -0.39 is 59.9 Å². The van der Waals surface area contributed by atoms with E-state index in [4.69, 9.17) is 11.5 Å². The molecule has 5 unspecified atom stereocenters. The highest BCUT2D eigenvalue weighted by atomic mass is 16.4. The van der Waals surface area contributed by atoms with Gasteiger partial charge in [-0.3, -0.25) is 19.2 Å². The van der Waals surface area contributed by atoms with Crippen molar-refractivity contribution in [1.29, 1.82) is 0 Å². The maximum Gasteiger partial charge on any atom is 0.328 e. The van der Waals surface area contributed by atoms with Gasteiger partial charge in [0.2, 0.25) is 23.6 Å².